The summed E-state index contributed by atoms with van der Waals surface area (Å²) in [4.78, 5) is 18.6. The third kappa shape index (κ3) is 3.75. The van der Waals surface area contributed by atoms with Gasteiger partial charge < -0.3 is 19.5 Å². The van der Waals surface area contributed by atoms with Gasteiger partial charge in [0, 0.05) is 12.6 Å². The molecule has 2 aromatic carbocycles. The maximum absolute atomic E-state index is 14.0. The average Bonchev–Trinajstić information content (AvgIpc) is 3.38. The number of aromatic nitrogens is 2. The van der Waals surface area contributed by atoms with Gasteiger partial charge >= 0.3 is 6.03 Å². The van der Waals surface area contributed by atoms with Crippen molar-refractivity contribution in [3.05, 3.63) is 60.0 Å². The minimum atomic E-state index is -0.783. The first-order chi connectivity index (χ1) is 14.1. The van der Waals surface area contributed by atoms with Gasteiger partial charge in [-0.3, -0.25) is 0 Å². The number of hydrogen-bond donors (Lipinski definition) is 1. The highest BCUT2D eigenvalue weighted by Crippen LogP contribution is 2.33. The zero-order valence-corrected chi connectivity index (χ0v) is 15.6. The Morgan fingerprint density at radius 1 is 1.28 bits per heavy atom. The number of rotatable bonds is 4. The molecule has 7 nitrogen and oxygen atoms in total. The average molecular weight is 400 g/mol. The molecule has 0 spiro atoms. The third-order valence-electron chi connectivity index (χ3n) is 4.76. The molecule has 0 unspecified atom stereocenters. The van der Waals surface area contributed by atoms with E-state index in [0.717, 1.165) is 18.6 Å². The Labute approximate surface area is 165 Å². The summed E-state index contributed by atoms with van der Waals surface area (Å²) < 4.78 is 37.7. The number of benzene rings is 2. The Kier molecular flexibility index (Phi) is 5.11. The van der Waals surface area contributed by atoms with Crippen molar-refractivity contribution in [2.24, 2.45) is 0 Å². The van der Waals surface area contributed by atoms with Gasteiger partial charge in [0.15, 0.2) is 0 Å². The van der Waals surface area contributed by atoms with Crippen molar-refractivity contribution >= 4 is 11.7 Å². The lowest BCUT2D eigenvalue weighted by Crippen LogP contribution is -2.34. The standard InChI is InChI=1S/C20H18F2N4O3/c1-28-17-7-3-2-5-15(17)23-20(27)26-10-4-6-16(26)19-24-18(25-29-19)13-9-8-12(21)11-14(13)22/h2-3,5,7-9,11,16H,4,6,10H2,1H3,(H,23,27)/t16-/m0/s1. The van der Waals surface area contributed by atoms with Crippen LogP contribution in [0.25, 0.3) is 11.4 Å². The van der Waals surface area contributed by atoms with Crippen LogP contribution in [0.5, 0.6) is 5.75 Å². The zero-order chi connectivity index (χ0) is 20.4. The van der Waals surface area contributed by atoms with Gasteiger partial charge in [-0.15, -0.1) is 0 Å². The van der Waals surface area contributed by atoms with E-state index < -0.39 is 17.7 Å². The molecule has 1 aliphatic heterocycles. The minimum absolute atomic E-state index is 0.00878. The van der Waals surface area contributed by atoms with E-state index in [1.54, 1.807) is 23.1 Å². The molecule has 9 heteroatoms. The second-order valence-electron chi connectivity index (χ2n) is 6.56. The quantitative estimate of drug-likeness (QED) is 0.702. The predicted molar refractivity (Wildman–Crippen MR) is 100 cm³/mol. The first kappa shape index (κ1) is 18.9. The molecule has 2 amide bonds. The molecule has 0 radical (unpaired) electrons. The highest BCUT2D eigenvalue weighted by Gasteiger charge is 2.34. The summed E-state index contributed by atoms with van der Waals surface area (Å²) in [6.45, 7) is 0.508. The Hall–Kier alpha value is -3.49. The molecule has 3 aromatic rings. The van der Waals surface area contributed by atoms with Crippen LogP contribution in [0.15, 0.2) is 47.0 Å². The first-order valence-corrected chi connectivity index (χ1v) is 9.06. The van der Waals surface area contributed by atoms with E-state index in [1.165, 1.54) is 13.2 Å². The van der Waals surface area contributed by atoms with E-state index in [4.69, 9.17) is 9.26 Å². The lowest BCUT2D eigenvalue weighted by molar-refractivity contribution is 0.193. The van der Waals surface area contributed by atoms with Crippen molar-refractivity contribution in [2.45, 2.75) is 18.9 Å². The maximum Gasteiger partial charge on any atom is 0.322 e. The zero-order valence-electron chi connectivity index (χ0n) is 15.6. The monoisotopic (exact) mass is 400 g/mol. The number of halogens is 2. The van der Waals surface area contributed by atoms with Crippen LogP contribution in [0.2, 0.25) is 0 Å². The topological polar surface area (TPSA) is 80.5 Å². The highest BCUT2D eigenvalue weighted by atomic mass is 19.1. The van der Waals surface area contributed by atoms with Crippen LogP contribution in [0.1, 0.15) is 24.8 Å². The first-order valence-electron chi connectivity index (χ1n) is 9.06. The van der Waals surface area contributed by atoms with Gasteiger partial charge in [-0.2, -0.15) is 4.98 Å². The largest absolute Gasteiger partial charge is 0.495 e. The third-order valence-corrected chi connectivity index (χ3v) is 4.76. The van der Waals surface area contributed by atoms with Gasteiger partial charge in [-0.1, -0.05) is 17.3 Å². The van der Waals surface area contributed by atoms with Crippen LogP contribution in [-0.2, 0) is 0 Å². The van der Waals surface area contributed by atoms with Crippen LogP contribution in [0.3, 0.4) is 0 Å². The summed E-state index contributed by atoms with van der Waals surface area (Å²) in [6.07, 6.45) is 1.39. The SMILES string of the molecule is COc1ccccc1NC(=O)N1CCC[C@H]1c1nc(-c2ccc(F)cc2F)no1. The number of ether oxygens (including phenoxy) is 1. The number of nitrogens with one attached hydrogen (secondary N) is 1. The predicted octanol–water partition coefficient (Wildman–Crippen LogP) is 4.39. The molecule has 1 aliphatic rings. The molecular weight excluding hydrogens is 382 g/mol. The highest BCUT2D eigenvalue weighted by molar-refractivity contribution is 5.91. The summed E-state index contributed by atoms with van der Waals surface area (Å²) >= 11 is 0. The fraction of sp³-hybridized carbons (Fsp3) is 0.250. The number of hydrogen-bond acceptors (Lipinski definition) is 5. The van der Waals surface area contributed by atoms with E-state index >= 15 is 0 Å². The molecule has 0 aliphatic carbocycles. The second kappa shape index (κ2) is 7.86. The van der Waals surface area contributed by atoms with Crippen LogP contribution in [-0.4, -0.2) is 34.7 Å². The lowest BCUT2D eigenvalue weighted by Gasteiger charge is -2.22. The number of carbonyl (C=O) groups is 1. The number of nitrogens with zero attached hydrogens (tertiary/aromatic N) is 3. The summed E-state index contributed by atoms with van der Waals surface area (Å²) in [5, 5.41) is 6.63. The van der Waals surface area contributed by atoms with Crippen LogP contribution >= 0.6 is 0 Å². The van der Waals surface area contributed by atoms with Crippen LogP contribution < -0.4 is 10.1 Å². The Balaban J connectivity index is 1.54. The fourth-order valence-electron chi connectivity index (χ4n) is 3.35. The Bertz CT molecular complexity index is 1040. The maximum atomic E-state index is 14.0. The van der Waals surface area contributed by atoms with Gasteiger partial charge in [-0.25, -0.2) is 13.6 Å². The minimum Gasteiger partial charge on any atom is -0.495 e. The number of methoxy groups -OCH3 is 1. The van der Waals surface area contributed by atoms with Crippen molar-refractivity contribution in [3.8, 4) is 17.1 Å². The number of amides is 2. The molecule has 150 valence electrons. The van der Waals surface area contributed by atoms with Crippen molar-refractivity contribution in [1.29, 1.82) is 0 Å². The van der Waals surface area contributed by atoms with E-state index in [2.05, 4.69) is 15.5 Å². The van der Waals surface area contributed by atoms with Crippen molar-refractivity contribution in [2.75, 3.05) is 19.0 Å². The summed E-state index contributed by atoms with van der Waals surface area (Å²) in [6, 6.07) is 9.45. The molecule has 1 saturated heterocycles. The number of carbonyl (C=O) groups excluding carboxylic acids is 1. The normalized spacial score (nSPS) is 16.1. The Morgan fingerprint density at radius 2 is 2.10 bits per heavy atom. The molecule has 0 bridgehead atoms. The summed E-state index contributed by atoms with van der Waals surface area (Å²) in [7, 11) is 1.53. The molecule has 29 heavy (non-hydrogen) atoms. The van der Waals surface area contributed by atoms with Gasteiger partial charge in [0.25, 0.3) is 0 Å². The molecule has 4 rings (SSSR count). The van der Waals surface area contributed by atoms with Gasteiger partial charge in [0.1, 0.15) is 23.4 Å². The van der Waals surface area contributed by atoms with Gasteiger partial charge in [0.2, 0.25) is 11.7 Å². The van der Waals surface area contributed by atoms with E-state index in [1.807, 2.05) is 6.07 Å². The van der Waals surface area contributed by atoms with Gasteiger partial charge in [-0.05, 0) is 37.1 Å². The number of para-hydroxylation sites is 2. The number of urea groups is 1. The van der Waals surface area contributed by atoms with Crippen LogP contribution in [0, 0.1) is 11.6 Å². The van der Waals surface area contributed by atoms with Crippen LogP contribution in [0.4, 0.5) is 19.3 Å². The summed E-state index contributed by atoms with van der Waals surface area (Å²) in [5.74, 6) is -0.714. The van der Waals surface area contributed by atoms with E-state index in [9.17, 15) is 13.6 Å². The lowest BCUT2D eigenvalue weighted by atomic mass is 10.2. The second-order valence-corrected chi connectivity index (χ2v) is 6.56. The van der Waals surface area contributed by atoms with Crippen molar-refractivity contribution in [3.63, 3.8) is 0 Å². The van der Waals surface area contributed by atoms with Gasteiger partial charge in [0.05, 0.1) is 18.4 Å². The fourth-order valence-corrected chi connectivity index (χ4v) is 3.35. The number of anilines is 1. The van der Waals surface area contributed by atoms with Crippen molar-refractivity contribution < 1.29 is 22.8 Å². The molecular formula is C20H18F2N4O3. The van der Waals surface area contributed by atoms with E-state index in [0.29, 0.717) is 24.4 Å². The number of likely N-dealkylation sites (tertiary alicyclic amines) is 1. The molecule has 0 saturated carbocycles. The van der Waals surface area contributed by atoms with Crippen molar-refractivity contribution in [1.82, 2.24) is 15.0 Å². The Morgan fingerprint density at radius 3 is 2.90 bits per heavy atom. The molecule has 1 fully saturated rings. The molecule has 1 N–H and O–H groups in total. The molecule has 1 atom stereocenters. The molecule has 1 aromatic heterocycles. The smallest absolute Gasteiger partial charge is 0.322 e. The van der Waals surface area contributed by atoms with E-state index in [-0.39, 0.29) is 23.3 Å². The molecule has 2 heterocycles. The summed E-state index contributed by atoms with van der Waals surface area (Å²) in [5.41, 5.74) is 0.578.